The Balaban J connectivity index is 2.30. The van der Waals surface area contributed by atoms with Crippen LogP contribution in [0.5, 0.6) is 0 Å². The zero-order chi connectivity index (χ0) is 9.10. The van der Waals surface area contributed by atoms with E-state index in [9.17, 15) is 4.79 Å². The molecule has 0 saturated carbocycles. The fourth-order valence-electron chi connectivity index (χ4n) is 1.97. The summed E-state index contributed by atoms with van der Waals surface area (Å²) >= 11 is 1.77. The molecule has 1 aliphatic rings. The van der Waals surface area contributed by atoms with Crippen LogP contribution in [0.1, 0.15) is 46.5 Å². The van der Waals surface area contributed by atoms with Gasteiger partial charge in [-0.1, -0.05) is 12.8 Å². The van der Waals surface area contributed by atoms with E-state index < -0.39 is 0 Å². The minimum Gasteiger partial charge on any atom is -0.298 e. The van der Waals surface area contributed by atoms with Crippen LogP contribution in [0.4, 0.5) is 0 Å². The zero-order valence-electron chi connectivity index (χ0n) is 7.71. The molecule has 0 radical (unpaired) electrons. The van der Waals surface area contributed by atoms with E-state index in [4.69, 9.17) is 0 Å². The third kappa shape index (κ3) is 1.83. The summed E-state index contributed by atoms with van der Waals surface area (Å²) in [6.45, 7) is 0. The molecule has 0 amide bonds. The van der Waals surface area contributed by atoms with Crippen LogP contribution in [-0.2, 0) is 12.8 Å². The topological polar surface area (TPSA) is 17.1 Å². The number of fused-ring (bicyclic) bond motifs is 1. The van der Waals surface area contributed by atoms with Gasteiger partial charge in [-0.05, 0) is 31.2 Å². The predicted molar refractivity (Wildman–Crippen MR) is 55.6 cm³/mol. The Morgan fingerprint density at radius 2 is 1.92 bits per heavy atom. The maximum absolute atomic E-state index is 10.7. The number of aryl methyl sites for hydroxylation is 1. The molecule has 0 unspecified atom stereocenters. The second-order valence-corrected chi connectivity index (χ2v) is 4.59. The standard InChI is InChI=1S/C11H14OS/c12-7-9-8-13-11-6-4-2-1-3-5-10(9)11/h7-8H,1-6H2. The molecule has 13 heavy (non-hydrogen) atoms. The fourth-order valence-corrected chi connectivity index (χ4v) is 3.06. The molecular formula is C11H14OS. The Hall–Kier alpha value is -0.630. The van der Waals surface area contributed by atoms with E-state index in [0.29, 0.717) is 0 Å². The van der Waals surface area contributed by atoms with Gasteiger partial charge in [-0.25, -0.2) is 0 Å². The SMILES string of the molecule is O=Cc1csc2c1CCCCCC2. The van der Waals surface area contributed by atoms with Gasteiger partial charge in [0.2, 0.25) is 0 Å². The summed E-state index contributed by atoms with van der Waals surface area (Å²) in [6.07, 6.45) is 8.55. The molecule has 0 aromatic carbocycles. The van der Waals surface area contributed by atoms with Crippen LogP contribution in [0.25, 0.3) is 0 Å². The van der Waals surface area contributed by atoms with Gasteiger partial charge in [-0.15, -0.1) is 11.3 Å². The summed E-state index contributed by atoms with van der Waals surface area (Å²) in [4.78, 5) is 12.2. The summed E-state index contributed by atoms with van der Waals surface area (Å²) in [5.41, 5.74) is 2.29. The van der Waals surface area contributed by atoms with Crippen LogP contribution >= 0.6 is 11.3 Å². The highest BCUT2D eigenvalue weighted by Gasteiger charge is 2.12. The van der Waals surface area contributed by atoms with E-state index in [1.807, 2.05) is 5.38 Å². The van der Waals surface area contributed by atoms with Crippen molar-refractivity contribution in [2.24, 2.45) is 0 Å². The summed E-state index contributed by atoms with van der Waals surface area (Å²) in [5.74, 6) is 0. The first-order valence-electron chi connectivity index (χ1n) is 4.96. The highest BCUT2D eigenvalue weighted by atomic mass is 32.1. The van der Waals surface area contributed by atoms with Crippen molar-refractivity contribution >= 4 is 17.6 Å². The highest BCUT2D eigenvalue weighted by molar-refractivity contribution is 7.10. The molecule has 1 aliphatic carbocycles. The summed E-state index contributed by atoms with van der Waals surface area (Å²) < 4.78 is 0. The second kappa shape index (κ2) is 4.05. The fraction of sp³-hybridized carbons (Fsp3) is 0.545. The molecule has 0 N–H and O–H groups in total. The van der Waals surface area contributed by atoms with Gasteiger partial charge >= 0.3 is 0 Å². The van der Waals surface area contributed by atoms with Gasteiger partial charge in [0, 0.05) is 15.8 Å². The van der Waals surface area contributed by atoms with Crippen molar-refractivity contribution in [2.75, 3.05) is 0 Å². The second-order valence-electron chi connectivity index (χ2n) is 3.62. The van der Waals surface area contributed by atoms with Crippen molar-refractivity contribution < 1.29 is 4.79 Å². The maximum atomic E-state index is 10.7. The molecular weight excluding hydrogens is 180 g/mol. The van der Waals surface area contributed by atoms with Gasteiger partial charge < -0.3 is 0 Å². The Kier molecular flexibility index (Phi) is 2.79. The highest BCUT2D eigenvalue weighted by Crippen LogP contribution is 2.27. The molecule has 0 bridgehead atoms. The maximum Gasteiger partial charge on any atom is 0.151 e. The zero-order valence-corrected chi connectivity index (χ0v) is 8.53. The lowest BCUT2D eigenvalue weighted by atomic mass is 9.97. The molecule has 1 aromatic rings. The largest absolute Gasteiger partial charge is 0.298 e. The van der Waals surface area contributed by atoms with Gasteiger partial charge in [0.25, 0.3) is 0 Å². The molecule has 1 aromatic heterocycles. The number of aldehydes is 1. The third-order valence-electron chi connectivity index (χ3n) is 2.72. The summed E-state index contributed by atoms with van der Waals surface area (Å²) in [6, 6.07) is 0. The van der Waals surface area contributed by atoms with Crippen LogP contribution in [-0.4, -0.2) is 6.29 Å². The van der Waals surface area contributed by atoms with Gasteiger partial charge in [-0.2, -0.15) is 0 Å². The van der Waals surface area contributed by atoms with Crippen LogP contribution in [0.3, 0.4) is 0 Å². The molecule has 2 heteroatoms. The molecule has 0 spiro atoms. The van der Waals surface area contributed by atoms with E-state index in [2.05, 4.69) is 0 Å². The lowest BCUT2D eigenvalue weighted by Crippen LogP contribution is -1.97. The average molecular weight is 194 g/mol. The van der Waals surface area contributed by atoms with Crippen LogP contribution < -0.4 is 0 Å². The average Bonchev–Trinajstić information content (AvgIpc) is 2.46. The quantitative estimate of drug-likeness (QED) is 0.627. The number of thiophene rings is 1. The van der Waals surface area contributed by atoms with E-state index in [0.717, 1.165) is 18.3 Å². The van der Waals surface area contributed by atoms with E-state index >= 15 is 0 Å². The van der Waals surface area contributed by atoms with E-state index in [-0.39, 0.29) is 0 Å². The monoisotopic (exact) mass is 194 g/mol. The van der Waals surface area contributed by atoms with E-state index in [1.54, 1.807) is 11.3 Å². The molecule has 70 valence electrons. The first kappa shape index (κ1) is 8.95. The Bertz CT molecular complexity index is 301. The number of carbonyl (C=O) groups excluding carboxylic acids is 1. The Morgan fingerprint density at radius 3 is 2.69 bits per heavy atom. The molecule has 0 aliphatic heterocycles. The van der Waals surface area contributed by atoms with Crippen molar-refractivity contribution in [1.29, 1.82) is 0 Å². The van der Waals surface area contributed by atoms with Gasteiger partial charge in [-0.3, -0.25) is 4.79 Å². The first-order chi connectivity index (χ1) is 6.42. The van der Waals surface area contributed by atoms with E-state index in [1.165, 1.54) is 42.5 Å². The number of hydrogen-bond acceptors (Lipinski definition) is 2. The minimum absolute atomic E-state index is 0.946. The smallest absolute Gasteiger partial charge is 0.151 e. The summed E-state index contributed by atoms with van der Waals surface area (Å²) in [5, 5.41) is 2.02. The molecule has 0 atom stereocenters. The van der Waals surface area contributed by atoms with Crippen molar-refractivity contribution in [1.82, 2.24) is 0 Å². The Labute approximate surface area is 82.8 Å². The number of rotatable bonds is 1. The van der Waals surface area contributed by atoms with Crippen LogP contribution in [0.15, 0.2) is 5.38 Å². The van der Waals surface area contributed by atoms with Gasteiger partial charge in [0.05, 0.1) is 0 Å². The van der Waals surface area contributed by atoms with Crippen LogP contribution in [0.2, 0.25) is 0 Å². The number of carbonyl (C=O) groups is 1. The van der Waals surface area contributed by atoms with Crippen molar-refractivity contribution in [2.45, 2.75) is 38.5 Å². The third-order valence-corrected chi connectivity index (χ3v) is 3.83. The van der Waals surface area contributed by atoms with Crippen LogP contribution in [0, 0.1) is 0 Å². The Morgan fingerprint density at radius 1 is 1.15 bits per heavy atom. The molecule has 0 fully saturated rings. The lowest BCUT2D eigenvalue weighted by Gasteiger charge is -2.09. The number of hydrogen-bond donors (Lipinski definition) is 0. The molecule has 2 rings (SSSR count). The van der Waals surface area contributed by atoms with Gasteiger partial charge in [0.1, 0.15) is 0 Å². The first-order valence-corrected chi connectivity index (χ1v) is 5.84. The molecule has 1 nitrogen and oxygen atoms in total. The van der Waals surface area contributed by atoms with Gasteiger partial charge in [0.15, 0.2) is 6.29 Å². The van der Waals surface area contributed by atoms with Crippen molar-refractivity contribution in [3.8, 4) is 0 Å². The minimum atomic E-state index is 0.946. The lowest BCUT2D eigenvalue weighted by molar-refractivity contribution is 0.112. The normalized spacial score (nSPS) is 17.2. The van der Waals surface area contributed by atoms with Crippen molar-refractivity contribution in [3.63, 3.8) is 0 Å². The van der Waals surface area contributed by atoms with Crippen molar-refractivity contribution in [3.05, 3.63) is 21.4 Å². The molecule has 1 heterocycles. The summed E-state index contributed by atoms with van der Waals surface area (Å²) in [7, 11) is 0. The molecule has 0 saturated heterocycles. The predicted octanol–water partition coefficient (Wildman–Crippen LogP) is 3.22.